The zero-order valence-corrected chi connectivity index (χ0v) is 8.91. The van der Waals surface area contributed by atoms with Gasteiger partial charge in [-0.05, 0) is 30.4 Å². The first-order valence-corrected chi connectivity index (χ1v) is 4.81. The third-order valence-electron chi connectivity index (χ3n) is 2.06. The lowest BCUT2D eigenvalue weighted by atomic mass is 10.3. The molecule has 1 N–H and O–H groups in total. The van der Waals surface area contributed by atoms with Crippen LogP contribution in [-0.2, 0) is 4.79 Å². The highest BCUT2D eigenvalue weighted by atomic mass is 32.1. The molecule has 2 heterocycles. The zero-order valence-electron chi connectivity index (χ0n) is 8.10. The fraction of sp³-hybridized carbons (Fsp3) is 0.100. The molecule has 2 rings (SSSR count). The molecule has 0 atom stereocenters. The van der Waals surface area contributed by atoms with E-state index in [1.54, 1.807) is 19.3 Å². The molecule has 1 aromatic heterocycles. The summed E-state index contributed by atoms with van der Waals surface area (Å²) in [7, 11) is 1.64. The van der Waals surface area contributed by atoms with Crippen molar-refractivity contribution in [1.82, 2.24) is 15.2 Å². The van der Waals surface area contributed by atoms with Crippen LogP contribution in [0, 0.1) is 0 Å². The Labute approximate surface area is 92.6 Å². The predicted molar refractivity (Wildman–Crippen MR) is 60.7 cm³/mol. The SMILES string of the molecule is CN1C(=O)/C(=C\c2ccccn2)NC1=S. The second-order valence-corrected chi connectivity index (χ2v) is 3.49. The molecule has 0 unspecified atom stereocenters. The monoisotopic (exact) mass is 219 g/mol. The molecule has 0 bridgehead atoms. The smallest absolute Gasteiger partial charge is 0.276 e. The molecule has 1 fully saturated rings. The maximum absolute atomic E-state index is 11.6. The Morgan fingerprint density at radius 2 is 2.33 bits per heavy atom. The third kappa shape index (κ3) is 1.87. The number of pyridine rings is 1. The van der Waals surface area contributed by atoms with Crippen LogP contribution in [0.15, 0.2) is 30.1 Å². The van der Waals surface area contributed by atoms with Gasteiger partial charge in [0.2, 0.25) is 0 Å². The first-order valence-electron chi connectivity index (χ1n) is 4.40. The van der Waals surface area contributed by atoms with Crippen molar-refractivity contribution in [2.45, 2.75) is 0 Å². The molecule has 1 aromatic rings. The quantitative estimate of drug-likeness (QED) is 0.560. The number of nitrogens with zero attached hydrogens (tertiary/aromatic N) is 2. The van der Waals surface area contributed by atoms with Crippen molar-refractivity contribution in [3.8, 4) is 0 Å². The summed E-state index contributed by atoms with van der Waals surface area (Å²) < 4.78 is 0. The first kappa shape index (κ1) is 9.79. The number of aromatic nitrogens is 1. The second kappa shape index (κ2) is 3.78. The Morgan fingerprint density at radius 1 is 1.53 bits per heavy atom. The minimum atomic E-state index is -0.134. The van der Waals surface area contributed by atoms with Crippen LogP contribution in [0.2, 0.25) is 0 Å². The molecule has 1 aliphatic heterocycles. The van der Waals surface area contributed by atoms with Crippen molar-refractivity contribution in [2.24, 2.45) is 0 Å². The third-order valence-corrected chi connectivity index (χ3v) is 2.44. The molecule has 5 heteroatoms. The van der Waals surface area contributed by atoms with Crippen molar-refractivity contribution < 1.29 is 4.79 Å². The summed E-state index contributed by atoms with van der Waals surface area (Å²) in [6.45, 7) is 0. The molecule has 0 radical (unpaired) electrons. The lowest BCUT2D eigenvalue weighted by Crippen LogP contribution is -2.25. The molecule has 0 aliphatic carbocycles. The molecule has 0 spiro atoms. The van der Waals surface area contributed by atoms with Gasteiger partial charge in [-0.3, -0.25) is 14.7 Å². The van der Waals surface area contributed by atoms with Gasteiger partial charge in [0, 0.05) is 13.2 Å². The lowest BCUT2D eigenvalue weighted by molar-refractivity contribution is -0.121. The van der Waals surface area contributed by atoms with E-state index in [1.807, 2.05) is 18.2 Å². The van der Waals surface area contributed by atoms with Gasteiger partial charge in [-0.25, -0.2) is 0 Å². The van der Waals surface area contributed by atoms with Crippen LogP contribution >= 0.6 is 12.2 Å². The Balaban J connectivity index is 2.30. The number of hydrogen-bond acceptors (Lipinski definition) is 3. The van der Waals surface area contributed by atoms with E-state index in [0.29, 0.717) is 10.8 Å². The molecule has 1 aliphatic rings. The lowest BCUT2D eigenvalue weighted by Gasteiger charge is -2.02. The van der Waals surface area contributed by atoms with Crippen LogP contribution in [0.4, 0.5) is 0 Å². The van der Waals surface area contributed by atoms with Crippen LogP contribution < -0.4 is 5.32 Å². The molecule has 76 valence electrons. The molecule has 15 heavy (non-hydrogen) atoms. The molecular formula is C10H9N3OS. The number of hydrogen-bond donors (Lipinski definition) is 1. The first-order chi connectivity index (χ1) is 7.18. The Bertz CT molecular complexity index is 441. The predicted octanol–water partition coefficient (Wildman–Crippen LogP) is 0.769. The van der Waals surface area contributed by atoms with E-state index >= 15 is 0 Å². The van der Waals surface area contributed by atoms with Crippen LogP contribution in [-0.4, -0.2) is 28.0 Å². The summed E-state index contributed by atoms with van der Waals surface area (Å²) in [5.41, 5.74) is 1.19. The van der Waals surface area contributed by atoms with Gasteiger partial charge in [0.1, 0.15) is 5.70 Å². The Hall–Kier alpha value is -1.75. The van der Waals surface area contributed by atoms with E-state index in [2.05, 4.69) is 10.3 Å². The summed E-state index contributed by atoms with van der Waals surface area (Å²) in [5.74, 6) is -0.134. The minimum Gasteiger partial charge on any atom is -0.328 e. The average molecular weight is 219 g/mol. The van der Waals surface area contributed by atoms with Gasteiger partial charge >= 0.3 is 0 Å². The van der Waals surface area contributed by atoms with E-state index in [0.717, 1.165) is 5.69 Å². The molecule has 0 saturated carbocycles. The van der Waals surface area contributed by atoms with E-state index in [-0.39, 0.29) is 5.91 Å². The van der Waals surface area contributed by atoms with Crippen molar-refractivity contribution in [1.29, 1.82) is 0 Å². The summed E-state index contributed by atoms with van der Waals surface area (Å²) >= 11 is 4.94. The fourth-order valence-corrected chi connectivity index (χ4v) is 1.43. The number of likely N-dealkylation sites (N-methyl/N-ethyl adjacent to an activating group) is 1. The second-order valence-electron chi connectivity index (χ2n) is 3.11. The number of carbonyl (C=O) groups is 1. The summed E-state index contributed by atoms with van der Waals surface area (Å²) in [6, 6.07) is 5.51. The Kier molecular flexibility index (Phi) is 2.47. The number of thiocarbonyl (C=S) groups is 1. The van der Waals surface area contributed by atoms with Crippen molar-refractivity contribution in [2.75, 3.05) is 7.05 Å². The number of nitrogens with one attached hydrogen (secondary N) is 1. The van der Waals surface area contributed by atoms with E-state index in [4.69, 9.17) is 12.2 Å². The highest BCUT2D eigenvalue weighted by Gasteiger charge is 2.26. The zero-order chi connectivity index (χ0) is 10.8. The van der Waals surface area contributed by atoms with Gasteiger partial charge in [-0.2, -0.15) is 0 Å². The van der Waals surface area contributed by atoms with Gasteiger partial charge in [0.25, 0.3) is 5.91 Å². The highest BCUT2D eigenvalue weighted by Crippen LogP contribution is 2.10. The van der Waals surface area contributed by atoms with Gasteiger partial charge in [0.15, 0.2) is 5.11 Å². The van der Waals surface area contributed by atoms with Gasteiger partial charge in [0.05, 0.1) is 5.69 Å². The minimum absolute atomic E-state index is 0.134. The highest BCUT2D eigenvalue weighted by molar-refractivity contribution is 7.80. The standard InChI is InChI=1S/C10H9N3OS/c1-13-9(14)8(12-10(13)15)6-7-4-2-3-5-11-7/h2-6H,1H3,(H,12,15)/b8-6+. The average Bonchev–Trinajstić information content (AvgIpc) is 2.48. The van der Waals surface area contributed by atoms with Crippen LogP contribution in [0.1, 0.15) is 5.69 Å². The van der Waals surface area contributed by atoms with Crippen molar-refractivity contribution >= 4 is 29.3 Å². The fourth-order valence-electron chi connectivity index (χ4n) is 1.23. The van der Waals surface area contributed by atoms with Crippen LogP contribution in [0.5, 0.6) is 0 Å². The number of rotatable bonds is 1. The van der Waals surface area contributed by atoms with Crippen molar-refractivity contribution in [3.63, 3.8) is 0 Å². The summed E-state index contributed by atoms with van der Waals surface area (Å²) in [4.78, 5) is 17.1. The van der Waals surface area contributed by atoms with E-state index in [9.17, 15) is 4.79 Å². The van der Waals surface area contributed by atoms with Crippen molar-refractivity contribution in [3.05, 3.63) is 35.8 Å². The maximum Gasteiger partial charge on any atom is 0.276 e. The van der Waals surface area contributed by atoms with Gasteiger partial charge in [-0.15, -0.1) is 0 Å². The van der Waals surface area contributed by atoms with E-state index < -0.39 is 0 Å². The van der Waals surface area contributed by atoms with Crippen LogP contribution in [0.3, 0.4) is 0 Å². The molecule has 1 amide bonds. The van der Waals surface area contributed by atoms with E-state index in [1.165, 1.54) is 4.90 Å². The molecule has 4 nitrogen and oxygen atoms in total. The molecular weight excluding hydrogens is 210 g/mol. The molecule has 1 saturated heterocycles. The largest absolute Gasteiger partial charge is 0.328 e. The normalized spacial score (nSPS) is 18.5. The van der Waals surface area contributed by atoms with Crippen LogP contribution in [0.25, 0.3) is 6.08 Å². The molecule has 0 aromatic carbocycles. The topological polar surface area (TPSA) is 45.2 Å². The summed E-state index contributed by atoms with van der Waals surface area (Å²) in [6.07, 6.45) is 3.35. The van der Waals surface area contributed by atoms with Gasteiger partial charge in [-0.1, -0.05) is 6.07 Å². The summed E-state index contributed by atoms with van der Waals surface area (Å²) in [5, 5.41) is 3.25. The van der Waals surface area contributed by atoms with Gasteiger partial charge < -0.3 is 5.32 Å². The maximum atomic E-state index is 11.6. The Morgan fingerprint density at radius 3 is 2.87 bits per heavy atom. The number of carbonyl (C=O) groups excluding carboxylic acids is 1. The number of amides is 1.